The van der Waals surface area contributed by atoms with Gasteiger partial charge in [0, 0.05) is 31.9 Å². The van der Waals surface area contributed by atoms with Crippen LogP contribution in [-0.2, 0) is 4.79 Å². The fourth-order valence-corrected chi connectivity index (χ4v) is 9.96. The molecule has 2 saturated heterocycles. The third kappa shape index (κ3) is 6.27. The molecule has 5 aliphatic rings. The number of thiophene rings is 1. The van der Waals surface area contributed by atoms with Crippen molar-refractivity contribution in [2.75, 3.05) is 57.9 Å². The molecular formula is C36H54N4O5S. The van der Waals surface area contributed by atoms with Crippen LogP contribution in [0.4, 0.5) is 5.69 Å². The zero-order valence-corrected chi connectivity index (χ0v) is 28.6. The summed E-state index contributed by atoms with van der Waals surface area (Å²) < 4.78 is 0. The lowest BCUT2D eigenvalue weighted by Crippen LogP contribution is -2.57. The number of hydrogen-bond acceptors (Lipinski definition) is 9. The first kappa shape index (κ1) is 33.8. The van der Waals surface area contributed by atoms with E-state index in [-0.39, 0.29) is 5.91 Å². The Balaban J connectivity index is 1.12. The van der Waals surface area contributed by atoms with E-state index in [4.69, 9.17) is 0 Å². The summed E-state index contributed by atoms with van der Waals surface area (Å²) in [5.74, 6) is 2.81. The highest BCUT2D eigenvalue weighted by atomic mass is 32.1. The van der Waals surface area contributed by atoms with Crippen molar-refractivity contribution >= 4 is 22.9 Å². The average Bonchev–Trinajstić information content (AvgIpc) is 3.70. The van der Waals surface area contributed by atoms with Crippen molar-refractivity contribution < 1.29 is 25.2 Å². The molecule has 1 amide bonds. The molecule has 3 aliphatic carbocycles. The Morgan fingerprint density at radius 3 is 2.39 bits per heavy atom. The highest BCUT2D eigenvalue weighted by Gasteiger charge is 2.55. The van der Waals surface area contributed by atoms with Crippen LogP contribution in [0.25, 0.3) is 0 Å². The number of likely N-dealkylation sites (N-methyl/N-ethyl adjacent to an activating group) is 1. The molecular weight excluding hydrogens is 600 g/mol. The number of piperidine rings is 1. The summed E-state index contributed by atoms with van der Waals surface area (Å²) in [4.78, 5) is 23.2. The summed E-state index contributed by atoms with van der Waals surface area (Å²) >= 11 is 1.49. The van der Waals surface area contributed by atoms with Crippen molar-refractivity contribution in [3.05, 3.63) is 52.7 Å². The number of carbonyl (C=O) groups excluding carboxylic acids is 1. The van der Waals surface area contributed by atoms with Gasteiger partial charge >= 0.3 is 0 Å². The fourth-order valence-electron chi connectivity index (χ4n) is 9.27. The zero-order valence-electron chi connectivity index (χ0n) is 27.7. The van der Waals surface area contributed by atoms with E-state index in [0.717, 1.165) is 61.5 Å². The number of rotatable bonds is 13. The molecule has 7 unspecified atom stereocenters. The minimum absolute atomic E-state index is 0.169. The molecule has 1 aromatic heterocycles. The number of benzene rings is 1. The van der Waals surface area contributed by atoms with Crippen molar-refractivity contribution in [2.24, 2.45) is 23.2 Å². The van der Waals surface area contributed by atoms with Crippen LogP contribution in [0.1, 0.15) is 64.0 Å². The number of likely N-dealkylation sites (tertiary alicyclic amines) is 1. The standard InChI is InChI=1S/C36H54N4O5S/c1-35(2)27-10-9-25(29(35)21-27)11-15-38-16-13-36(14-17-38)34(45)39(24-40(36)28-7-5-4-6-8-28)19-18-37(3)31(26-12-20-46-23-26)33(44)32(43)30(42)22-41/h4-8,12,20,23,25,27,29-33,41-44H,9-11,13-19,21-22,24H2,1-3H3. The van der Waals surface area contributed by atoms with Gasteiger partial charge in [0.1, 0.15) is 23.9 Å². The van der Waals surface area contributed by atoms with E-state index in [1.54, 1.807) is 0 Å². The number of amides is 1. The molecule has 2 bridgehead atoms. The summed E-state index contributed by atoms with van der Waals surface area (Å²) in [5, 5.41) is 44.9. The van der Waals surface area contributed by atoms with Gasteiger partial charge in [-0.3, -0.25) is 9.69 Å². The number of anilines is 1. The van der Waals surface area contributed by atoms with Crippen LogP contribution in [0.3, 0.4) is 0 Å². The van der Waals surface area contributed by atoms with E-state index in [2.05, 4.69) is 35.8 Å². The molecule has 2 aromatic rings. The van der Waals surface area contributed by atoms with E-state index in [1.165, 1.54) is 37.0 Å². The zero-order chi connectivity index (χ0) is 32.6. The molecule has 7 rings (SSSR count). The van der Waals surface area contributed by atoms with Crippen LogP contribution in [0, 0.1) is 23.2 Å². The van der Waals surface area contributed by atoms with Gasteiger partial charge in [-0.1, -0.05) is 32.0 Å². The lowest BCUT2D eigenvalue weighted by atomic mass is 9.45. The topological polar surface area (TPSA) is 111 Å². The largest absolute Gasteiger partial charge is 0.394 e. The molecule has 4 N–H and O–H groups in total. The second kappa shape index (κ2) is 13.8. The van der Waals surface area contributed by atoms with Crippen LogP contribution < -0.4 is 4.90 Å². The maximum absolute atomic E-state index is 14.4. The summed E-state index contributed by atoms with van der Waals surface area (Å²) in [6, 6.07) is 11.6. The van der Waals surface area contributed by atoms with Gasteiger partial charge in [0.25, 0.3) is 0 Å². The Morgan fingerprint density at radius 2 is 1.76 bits per heavy atom. The Kier molecular flexibility index (Phi) is 10.2. The van der Waals surface area contributed by atoms with Crippen LogP contribution in [0.2, 0.25) is 0 Å². The van der Waals surface area contributed by atoms with Crippen LogP contribution in [0.15, 0.2) is 47.2 Å². The van der Waals surface area contributed by atoms with Crippen molar-refractivity contribution in [1.82, 2.24) is 14.7 Å². The first-order chi connectivity index (χ1) is 22.1. The Labute approximate surface area is 278 Å². The lowest BCUT2D eigenvalue weighted by Gasteiger charge is -2.60. The molecule has 0 radical (unpaired) electrons. The first-order valence-corrected chi connectivity index (χ1v) is 18.2. The lowest BCUT2D eigenvalue weighted by molar-refractivity contribution is -0.134. The molecule has 1 spiro atoms. The fraction of sp³-hybridized carbons (Fsp3) is 0.694. The quantitative estimate of drug-likeness (QED) is 0.260. The normalized spacial score (nSPS) is 28.3. The number of nitrogens with zero attached hydrogens (tertiary/aromatic N) is 4. The summed E-state index contributed by atoms with van der Waals surface area (Å²) in [7, 11) is 1.87. The second-order valence-corrected chi connectivity index (χ2v) is 15.8. The van der Waals surface area contributed by atoms with Gasteiger partial charge in [-0.05, 0) is 110 Å². The Morgan fingerprint density at radius 1 is 1.02 bits per heavy atom. The van der Waals surface area contributed by atoms with Gasteiger partial charge in [0.15, 0.2) is 0 Å². The number of carbonyl (C=O) groups is 1. The number of hydrogen-bond donors (Lipinski definition) is 4. The van der Waals surface area contributed by atoms with Gasteiger partial charge < -0.3 is 35.1 Å². The third-order valence-electron chi connectivity index (χ3n) is 12.4. The summed E-state index contributed by atoms with van der Waals surface area (Å²) in [5.41, 5.74) is 1.83. The molecule has 10 heteroatoms. The number of fused-ring (bicyclic) bond motifs is 2. The number of para-hydroxylation sites is 1. The van der Waals surface area contributed by atoms with Gasteiger partial charge in [-0.15, -0.1) is 0 Å². The smallest absolute Gasteiger partial charge is 0.250 e. The summed E-state index contributed by atoms with van der Waals surface area (Å²) in [6.07, 6.45) is 2.78. The SMILES string of the molecule is CN(CCN1CN(c2ccccc2)C2(CCN(CCC3CCC4CC3C4(C)C)CC2)C1=O)C(c1ccsc1)C(O)C(O)C(O)CO. The number of aliphatic hydroxyl groups excluding tert-OH is 4. The van der Waals surface area contributed by atoms with Crippen molar-refractivity contribution in [2.45, 2.75) is 82.3 Å². The third-order valence-corrected chi connectivity index (χ3v) is 13.1. The highest BCUT2D eigenvalue weighted by Crippen LogP contribution is 2.62. The molecule has 2 aliphatic heterocycles. The molecule has 46 heavy (non-hydrogen) atoms. The van der Waals surface area contributed by atoms with E-state index >= 15 is 0 Å². The molecule has 5 fully saturated rings. The Hall–Kier alpha value is -2.05. The average molecular weight is 655 g/mol. The second-order valence-electron chi connectivity index (χ2n) is 15.0. The molecule has 254 valence electrons. The van der Waals surface area contributed by atoms with Crippen molar-refractivity contribution in [3.63, 3.8) is 0 Å². The van der Waals surface area contributed by atoms with E-state index < -0.39 is 36.5 Å². The Bertz CT molecular complexity index is 1280. The minimum atomic E-state index is -1.51. The predicted octanol–water partition coefficient (Wildman–Crippen LogP) is 3.40. The highest BCUT2D eigenvalue weighted by molar-refractivity contribution is 7.08. The molecule has 3 heterocycles. The maximum atomic E-state index is 14.4. The predicted molar refractivity (Wildman–Crippen MR) is 181 cm³/mol. The van der Waals surface area contributed by atoms with E-state index in [1.807, 2.05) is 51.9 Å². The van der Waals surface area contributed by atoms with Crippen LogP contribution in [0.5, 0.6) is 0 Å². The maximum Gasteiger partial charge on any atom is 0.250 e. The number of aliphatic hydroxyl groups is 4. The van der Waals surface area contributed by atoms with Crippen molar-refractivity contribution in [3.8, 4) is 0 Å². The molecule has 3 saturated carbocycles. The van der Waals surface area contributed by atoms with Crippen LogP contribution in [-0.4, -0.2) is 118 Å². The van der Waals surface area contributed by atoms with Gasteiger partial charge in [-0.2, -0.15) is 11.3 Å². The van der Waals surface area contributed by atoms with Crippen LogP contribution >= 0.6 is 11.3 Å². The van der Waals surface area contributed by atoms with Gasteiger partial charge in [-0.25, -0.2) is 0 Å². The summed E-state index contributed by atoms with van der Waals surface area (Å²) in [6.45, 7) is 8.72. The van der Waals surface area contributed by atoms with Crippen molar-refractivity contribution in [1.29, 1.82) is 0 Å². The first-order valence-electron chi connectivity index (χ1n) is 17.3. The van der Waals surface area contributed by atoms with Gasteiger partial charge in [0.2, 0.25) is 5.91 Å². The van der Waals surface area contributed by atoms with Gasteiger partial charge in [0.05, 0.1) is 19.3 Å². The van der Waals surface area contributed by atoms with E-state index in [9.17, 15) is 25.2 Å². The molecule has 1 aromatic carbocycles. The monoisotopic (exact) mass is 654 g/mol. The van der Waals surface area contributed by atoms with E-state index in [0.29, 0.717) is 25.2 Å². The molecule has 7 atom stereocenters. The molecule has 9 nitrogen and oxygen atoms in total. The minimum Gasteiger partial charge on any atom is -0.394 e.